The third kappa shape index (κ3) is 1.88. The van der Waals surface area contributed by atoms with E-state index in [0.717, 1.165) is 12.1 Å². The number of hydrogen-bond donors (Lipinski definition) is 0. The second-order valence-corrected chi connectivity index (χ2v) is 3.49. The Morgan fingerprint density at radius 1 is 1.33 bits per heavy atom. The molecule has 78 valence electrons. The second-order valence-electron chi connectivity index (χ2n) is 3.49. The van der Waals surface area contributed by atoms with E-state index in [1.165, 1.54) is 11.1 Å². The highest BCUT2D eigenvalue weighted by Crippen LogP contribution is 2.16. The molecule has 0 aliphatic heterocycles. The molecule has 2 aromatic rings. The molecule has 0 saturated carbocycles. The van der Waals surface area contributed by atoms with Gasteiger partial charge in [0.2, 0.25) is 11.7 Å². The molecule has 4 nitrogen and oxygen atoms in total. The van der Waals surface area contributed by atoms with E-state index in [9.17, 15) is 0 Å². The number of rotatable bonds is 2. The molecule has 0 spiro atoms. The van der Waals surface area contributed by atoms with Crippen LogP contribution in [0.15, 0.2) is 16.8 Å². The van der Waals surface area contributed by atoms with Gasteiger partial charge >= 0.3 is 0 Å². The minimum Gasteiger partial charge on any atom is -0.339 e. The Morgan fingerprint density at radius 2 is 2.13 bits per heavy atom. The molecule has 0 saturated heterocycles. The molecule has 0 aliphatic carbocycles. The van der Waals surface area contributed by atoms with Gasteiger partial charge in [0, 0.05) is 13.1 Å². The number of aromatic nitrogens is 3. The Kier molecular flexibility index (Phi) is 2.49. The van der Waals surface area contributed by atoms with Crippen LogP contribution in [-0.2, 0) is 6.42 Å². The van der Waals surface area contributed by atoms with E-state index in [-0.39, 0.29) is 0 Å². The Balaban J connectivity index is 2.42. The maximum Gasteiger partial charge on any atom is 0.223 e. The van der Waals surface area contributed by atoms with Crippen molar-refractivity contribution in [2.24, 2.45) is 0 Å². The van der Waals surface area contributed by atoms with Crippen molar-refractivity contribution < 1.29 is 4.52 Å². The predicted molar refractivity (Wildman–Crippen MR) is 56.4 cm³/mol. The Labute approximate surface area is 88.4 Å². The second kappa shape index (κ2) is 3.81. The smallest absolute Gasteiger partial charge is 0.223 e. The van der Waals surface area contributed by atoms with Crippen molar-refractivity contribution in [3.05, 3.63) is 29.3 Å². The van der Waals surface area contributed by atoms with E-state index in [1.807, 2.05) is 12.3 Å². The molecule has 15 heavy (non-hydrogen) atoms. The molecular weight excluding hydrogens is 190 g/mol. The maximum atomic E-state index is 4.91. The van der Waals surface area contributed by atoms with Gasteiger partial charge in [-0.1, -0.05) is 12.1 Å². The third-order valence-corrected chi connectivity index (χ3v) is 2.36. The quantitative estimate of drug-likeness (QED) is 0.751. The van der Waals surface area contributed by atoms with Gasteiger partial charge in [0.1, 0.15) is 5.69 Å². The lowest BCUT2D eigenvalue weighted by Gasteiger charge is -2.02. The van der Waals surface area contributed by atoms with Gasteiger partial charge in [-0.05, 0) is 30.5 Å². The number of nitrogens with zero attached hydrogens (tertiary/aromatic N) is 3. The number of hydrogen-bond acceptors (Lipinski definition) is 4. The molecule has 0 unspecified atom stereocenters. The van der Waals surface area contributed by atoms with Crippen LogP contribution in [0, 0.1) is 13.8 Å². The molecule has 0 aromatic carbocycles. The summed E-state index contributed by atoms with van der Waals surface area (Å²) < 4.78 is 4.91. The molecule has 0 radical (unpaired) electrons. The highest BCUT2D eigenvalue weighted by Gasteiger charge is 2.08. The summed E-state index contributed by atoms with van der Waals surface area (Å²) >= 11 is 0. The molecular formula is C11H13N3O. The Bertz CT molecular complexity index is 476. The predicted octanol–water partition coefficient (Wildman–Crippen LogP) is 2.31. The van der Waals surface area contributed by atoms with Gasteiger partial charge in [-0.15, -0.1) is 0 Å². The van der Waals surface area contributed by atoms with Crippen LogP contribution >= 0.6 is 0 Å². The molecule has 0 atom stereocenters. The summed E-state index contributed by atoms with van der Waals surface area (Å²) in [5, 5.41) is 3.83. The van der Waals surface area contributed by atoms with Crippen LogP contribution < -0.4 is 0 Å². The number of pyridine rings is 1. The van der Waals surface area contributed by atoms with Gasteiger partial charge in [-0.3, -0.25) is 4.98 Å². The van der Waals surface area contributed by atoms with E-state index >= 15 is 0 Å². The fourth-order valence-electron chi connectivity index (χ4n) is 1.48. The van der Waals surface area contributed by atoms with Crippen molar-refractivity contribution in [3.63, 3.8) is 0 Å². The Hall–Kier alpha value is -1.71. The minimum absolute atomic E-state index is 0.554. The monoisotopic (exact) mass is 203 g/mol. The van der Waals surface area contributed by atoms with Crippen molar-refractivity contribution >= 4 is 0 Å². The van der Waals surface area contributed by atoms with Crippen LogP contribution in [0.25, 0.3) is 11.5 Å². The average Bonchev–Trinajstić information content (AvgIpc) is 2.65. The molecule has 4 heteroatoms. The molecule has 0 amide bonds. The van der Waals surface area contributed by atoms with E-state index in [4.69, 9.17) is 4.52 Å². The van der Waals surface area contributed by atoms with E-state index < -0.39 is 0 Å². The topological polar surface area (TPSA) is 51.8 Å². The van der Waals surface area contributed by atoms with Crippen molar-refractivity contribution in [1.29, 1.82) is 0 Å². The average molecular weight is 203 g/mol. The summed E-state index contributed by atoms with van der Waals surface area (Å²) in [4.78, 5) is 8.45. The summed E-state index contributed by atoms with van der Waals surface area (Å²) in [6.45, 7) is 5.95. The van der Waals surface area contributed by atoms with Crippen molar-refractivity contribution in [3.8, 4) is 11.5 Å². The first-order valence-electron chi connectivity index (χ1n) is 4.97. The van der Waals surface area contributed by atoms with Crippen molar-refractivity contribution in [2.75, 3.05) is 0 Å². The van der Waals surface area contributed by atoms with Gasteiger partial charge in [0.15, 0.2) is 0 Å². The molecule has 0 N–H and O–H groups in total. The Morgan fingerprint density at radius 3 is 2.67 bits per heavy atom. The lowest BCUT2D eigenvalue weighted by atomic mass is 10.1. The van der Waals surface area contributed by atoms with Gasteiger partial charge in [-0.25, -0.2) is 0 Å². The summed E-state index contributed by atoms with van der Waals surface area (Å²) in [7, 11) is 0. The standard InChI is InChI=1S/C11H13N3O/c1-4-9-6-12-10(5-7(9)2)11-13-8(3)15-14-11/h5-6H,4H2,1-3H3. The third-order valence-electron chi connectivity index (χ3n) is 2.36. The molecule has 0 fully saturated rings. The zero-order valence-electron chi connectivity index (χ0n) is 9.11. The van der Waals surface area contributed by atoms with Crippen molar-refractivity contribution in [2.45, 2.75) is 27.2 Å². The van der Waals surface area contributed by atoms with Crippen LogP contribution in [0.4, 0.5) is 0 Å². The van der Waals surface area contributed by atoms with E-state index in [1.54, 1.807) is 6.92 Å². The summed E-state index contributed by atoms with van der Waals surface area (Å²) in [5.74, 6) is 1.11. The first-order valence-corrected chi connectivity index (χ1v) is 4.97. The van der Waals surface area contributed by atoms with Gasteiger partial charge < -0.3 is 4.52 Å². The summed E-state index contributed by atoms with van der Waals surface area (Å²) in [6.07, 6.45) is 2.86. The zero-order valence-corrected chi connectivity index (χ0v) is 9.11. The van der Waals surface area contributed by atoms with E-state index in [2.05, 4.69) is 29.0 Å². The van der Waals surface area contributed by atoms with Crippen LogP contribution in [0.3, 0.4) is 0 Å². The van der Waals surface area contributed by atoms with Gasteiger partial charge in [0.25, 0.3) is 0 Å². The molecule has 0 bridgehead atoms. The number of aryl methyl sites for hydroxylation is 3. The fourth-order valence-corrected chi connectivity index (χ4v) is 1.48. The molecule has 2 rings (SSSR count). The van der Waals surface area contributed by atoms with Gasteiger partial charge in [-0.2, -0.15) is 4.98 Å². The van der Waals surface area contributed by atoms with Crippen LogP contribution in [0.1, 0.15) is 23.9 Å². The lowest BCUT2D eigenvalue weighted by molar-refractivity contribution is 0.394. The van der Waals surface area contributed by atoms with Crippen LogP contribution in [0.5, 0.6) is 0 Å². The normalized spacial score (nSPS) is 10.6. The largest absolute Gasteiger partial charge is 0.339 e. The first kappa shape index (κ1) is 9.83. The van der Waals surface area contributed by atoms with Crippen LogP contribution in [0.2, 0.25) is 0 Å². The molecule has 0 aliphatic rings. The molecule has 2 heterocycles. The van der Waals surface area contributed by atoms with Crippen LogP contribution in [-0.4, -0.2) is 15.1 Å². The highest BCUT2D eigenvalue weighted by atomic mass is 16.5. The minimum atomic E-state index is 0.554. The zero-order chi connectivity index (χ0) is 10.8. The highest BCUT2D eigenvalue weighted by molar-refractivity contribution is 5.50. The fraction of sp³-hybridized carbons (Fsp3) is 0.364. The first-order chi connectivity index (χ1) is 7.20. The SMILES string of the molecule is CCc1cnc(-c2noc(C)n2)cc1C. The van der Waals surface area contributed by atoms with E-state index in [0.29, 0.717) is 11.7 Å². The van der Waals surface area contributed by atoms with Gasteiger partial charge in [0.05, 0.1) is 0 Å². The van der Waals surface area contributed by atoms with Crippen molar-refractivity contribution in [1.82, 2.24) is 15.1 Å². The summed E-state index contributed by atoms with van der Waals surface area (Å²) in [6, 6.07) is 1.99. The summed E-state index contributed by atoms with van der Waals surface area (Å²) in [5.41, 5.74) is 3.23. The maximum absolute atomic E-state index is 4.91. The molecule has 2 aromatic heterocycles. The lowest BCUT2D eigenvalue weighted by Crippen LogP contribution is -1.92.